The SMILES string of the molecule is C[C@@H]1CCN(Cc2cc3ccc(CNC(=O)c4cc(=O)n5ccccc5n4)cc3[nH]2)C(C)(C)C1. The van der Waals surface area contributed by atoms with Crippen LogP contribution in [-0.2, 0) is 13.1 Å². The zero-order chi connectivity index (χ0) is 23.9. The zero-order valence-corrected chi connectivity index (χ0v) is 20.0. The Morgan fingerprint density at radius 1 is 1.21 bits per heavy atom. The van der Waals surface area contributed by atoms with Gasteiger partial charge in [-0.05, 0) is 74.4 Å². The highest BCUT2D eigenvalue weighted by Gasteiger charge is 2.33. The number of carbonyl (C=O) groups excluding carboxylic acids is 1. The minimum atomic E-state index is -0.364. The monoisotopic (exact) mass is 457 g/mol. The third-order valence-corrected chi connectivity index (χ3v) is 6.96. The number of aromatic amines is 1. The molecule has 1 saturated heterocycles. The van der Waals surface area contributed by atoms with E-state index in [4.69, 9.17) is 0 Å². The second-order valence-corrected chi connectivity index (χ2v) is 10.1. The molecule has 5 rings (SSSR count). The van der Waals surface area contributed by atoms with Crippen molar-refractivity contribution in [3.63, 3.8) is 0 Å². The van der Waals surface area contributed by atoms with Crippen LogP contribution in [-0.4, -0.2) is 37.3 Å². The number of H-pyrrole nitrogens is 1. The van der Waals surface area contributed by atoms with Crippen LogP contribution in [0.15, 0.2) is 59.5 Å². The van der Waals surface area contributed by atoms with E-state index >= 15 is 0 Å². The van der Waals surface area contributed by atoms with Crippen LogP contribution in [0.25, 0.3) is 16.6 Å². The van der Waals surface area contributed by atoms with Crippen LogP contribution in [0.3, 0.4) is 0 Å². The maximum absolute atomic E-state index is 12.7. The fraction of sp³-hybridized carbons (Fsp3) is 0.370. The summed E-state index contributed by atoms with van der Waals surface area (Å²) in [5.74, 6) is 0.410. The van der Waals surface area contributed by atoms with Gasteiger partial charge in [-0.3, -0.25) is 18.9 Å². The quantitative estimate of drug-likeness (QED) is 0.472. The van der Waals surface area contributed by atoms with Crippen molar-refractivity contribution in [1.29, 1.82) is 0 Å². The number of fused-ring (bicyclic) bond motifs is 2. The molecule has 1 atom stereocenters. The Bertz CT molecular complexity index is 1420. The van der Waals surface area contributed by atoms with Gasteiger partial charge >= 0.3 is 0 Å². The topological polar surface area (TPSA) is 82.5 Å². The Morgan fingerprint density at radius 3 is 2.88 bits per heavy atom. The molecule has 1 aromatic carbocycles. The number of carbonyl (C=O) groups is 1. The number of aromatic nitrogens is 3. The van der Waals surface area contributed by atoms with Crippen molar-refractivity contribution in [2.75, 3.05) is 6.54 Å². The molecule has 4 heterocycles. The molecule has 176 valence electrons. The number of benzene rings is 1. The fourth-order valence-electron chi connectivity index (χ4n) is 5.13. The second-order valence-electron chi connectivity index (χ2n) is 10.1. The Morgan fingerprint density at radius 2 is 2.06 bits per heavy atom. The number of hydrogen-bond acceptors (Lipinski definition) is 4. The van der Waals surface area contributed by atoms with E-state index in [0.717, 1.165) is 35.5 Å². The van der Waals surface area contributed by atoms with E-state index in [0.29, 0.717) is 12.2 Å². The molecule has 0 spiro atoms. The number of pyridine rings is 1. The lowest BCUT2D eigenvalue weighted by molar-refractivity contribution is 0.0435. The number of piperidine rings is 1. The van der Waals surface area contributed by atoms with E-state index in [2.05, 4.69) is 59.2 Å². The number of hydrogen-bond donors (Lipinski definition) is 2. The summed E-state index contributed by atoms with van der Waals surface area (Å²) >= 11 is 0. The molecule has 0 bridgehead atoms. The summed E-state index contributed by atoms with van der Waals surface area (Å²) in [6.45, 7) is 9.40. The van der Waals surface area contributed by atoms with Crippen LogP contribution in [0, 0.1) is 5.92 Å². The second kappa shape index (κ2) is 8.72. The molecule has 0 radical (unpaired) electrons. The van der Waals surface area contributed by atoms with Crippen LogP contribution in [0.2, 0.25) is 0 Å². The van der Waals surface area contributed by atoms with E-state index in [-0.39, 0.29) is 22.7 Å². The van der Waals surface area contributed by atoms with Gasteiger partial charge in [0, 0.05) is 42.1 Å². The highest BCUT2D eigenvalue weighted by molar-refractivity contribution is 5.92. The van der Waals surface area contributed by atoms with E-state index in [9.17, 15) is 9.59 Å². The van der Waals surface area contributed by atoms with Gasteiger partial charge in [0.1, 0.15) is 11.3 Å². The first-order valence-electron chi connectivity index (χ1n) is 11.9. The van der Waals surface area contributed by atoms with Gasteiger partial charge in [-0.25, -0.2) is 4.98 Å². The number of rotatable bonds is 5. The Balaban J connectivity index is 1.28. The molecule has 1 aliphatic heterocycles. The van der Waals surface area contributed by atoms with Gasteiger partial charge in [0.2, 0.25) is 0 Å². The van der Waals surface area contributed by atoms with Gasteiger partial charge in [-0.1, -0.05) is 25.1 Å². The molecule has 2 N–H and O–H groups in total. The summed E-state index contributed by atoms with van der Waals surface area (Å²) in [6.07, 6.45) is 4.10. The van der Waals surface area contributed by atoms with Crippen molar-refractivity contribution in [2.24, 2.45) is 5.92 Å². The Kier molecular flexibility index (Phi) is 5.73. The highest BCUT2D eigenvalue weighted by Crippen LogP contribution is 2.32. The van der Waals surface area contributed by atoms with Crippen LogP contribution >= 0.6 is 0 Å². The summed E-state index contributed by atoms with van der Waals surface area (Å²) < 4.78 is 1.42. The fourth-order valence-corrected chi connectivity index (χ4v) is 5.13. The van der Waals surface area contributed by atoms with Crippen molar-refractivity contribution < 1.29 is 4.79 Å². The van der Waals surface area contributed by atoms with Crippen molar-refractivity contribution in [3.05, 3.63) is 82.0 Å². The largest absolute Gasteiger partial charge is 0.357 e. The normalized spacial score (nSPS) is 18.4. The number of likely N-dealkylation sites (tertiary alicyclic amines) is 1. The average molecular weight is 458 g/mol. The predicted molar refractivity (Wildman–Crippen MR) is 134 cm³/mol. The molecule has 1 amide bonds. The maximum atomic E-state index is 12.7. The standard InChI is InChI=1S/C27H31N5O2/c1-18-9-11-31(27(2,3)15-18)17-21-13-20-8-7-19(12-22(20)29-21)16-28-26(34)23-14-25(33)32-10-5-4-6-24(32)30-23/h4-8,10,12-14,18,29H,9,11,15-17H2,1-3H3,(H,28,34)/t18-/m1/s1. The predicted octanol–water partition coefficient (Wildman–Crippen LogP) is 4.12. The number of nitrogens with zero attached hydrogens (tertiary/aromatic N) is 3. The summed E-state index contributed by atoms with van der Waals surface area (Å²) in [5, 5.41) is 4.05. The molecular formula is C27H31N5O2. The molecule has 4 aromatic rings. The third-order valence-electron chi connectivity index (χ3n) is 6.96. The molecule has 1 fully saturated rings. The van der Waals surface area contributed by atoms with Gasteiger partial charge in [-0.2, -0.15) is 0 Å². The Labute approximate surface area is 198 Å². The van der Waals surface area contributed by atoms with Crippen LogP contribution in [0.5, 0.6) is 0 Å². The lowest BCUT2D eigenvalue weighted by Crippen LogP contribution is -2.48. The minimum Gasteiger partial charge on any atom is -0.357 e. The van der Waals surface area contributed by atoms with Crippen LogP contribution in [0.4, 0.5) is 0 Å². The van der Waals surface area contributed by atoms with E-state index in [1.807, 2.05) is 6.07 Å². The van der Waals surface area contributed by atoms with E-state index in [1.54, 1.807) is 24.4 Å². The molecule has 0 unspecified atom stereocenters. The van der Waals surface area contributed by atoms with Gasteiger partial charge in [0.25, 0.3) is 11.5 Å². The molecule has 1 aliphatic rings. The van der Waals surface area contributed by atoms with E-state index < -0.39 is 0 Å². The molecule has 3 aromatic heterocycles. The first-order valence-corrected chi connectivity index (χ1v) is 11.9. The maximum Gasteiger partial charge on any atom is 0.270 e. The minimum absolute atomic E-state index is 0.123. The lowest BCUT2D eigenvalue weighted by Gasteiger charge is -2.44. The van der Waals surface area contributed by atoms with Crippen molar-refractivity contribution >= 4 is 22.5 Å². The average Bonchev–Trinajstić information content (AvgIpc) is 3.20. The smallest absolute Gasteiger partial charge is 0.270 e. The molecule has 7 nitrogen and oxygen atoms in total. The van der Waals surface area contributed by atoms with Gasteiger partial charge < -0.3 is 10.3 Å². The molecule has 7 heteroatoms. The molecule has 0 saturated carbocycles. The Hall–Kier alpha value is -3.45. The van der Waals surface area contributed by atoms with Gasteiger partial charge in [0.15, 0.2) is 0 Å². The van der Waals surface area contributed by atoms with Crippen molar-refractivity contribution in [1.82, 2.24) is 24.6 Å². The first-order chi connectivity index (χ1) is 16.3. The third kappa shape index (κ3) is 4.48. The summed E-state index contributed by atoms with van der Waals surface area (Å²) in [6, 6.07) is 14.9. The summed E-state index contributed by atoms with van der Waals surface area (Å²) in [7, 11) is 0. The lowest BCUT2D eigenvalue weighted by atomic mass is 9.83. The highest BCUT2D eigenvalue weighted by atomic mass is 16.2. The molecule has 34 heavy (non-hydrogen) atoms. The van der Waals surface area contributed by atoms with Gasteiger partial charge in [0.05, 0.1) is 0 Å². The van der Waals surface area contributed by atoms with Gasteiger partial charge in [-0.15, -0.1) is 0 Å². The zero-order valence-electron chi connectivity index (χ0n) is 20.0. The molecular weight excluding hydrogens is 426 g/mol. The van der Waals surface area contributed by atoms with E-state index in [1.165, 1.54) is 29.0 Å². The molecule has 0 aliphatic carbocycles. The summed E-state index contributed by atoms with van der Waals surface area (Å²) in [5.41, 5.74) is 3.75. The summed E-state index contributed by atoms with van der Waals surface area (Å²) in [4.78, 5) is 35.4. The first kappa shape index (κ1) is 22.3. The van der Waals surface area contributed by atoms with Crippen molar-refractivity contribution in [3.8, 4) is 0 Å². The van der Waals surface area contributed by atoms with Crippen molar-refractivity contribution in [2.45, 2.75) is 52.2 Å². The number of nitrogens with one attached hydrogen (secondary N) is 2. The van der Waals surface area contributed by atoms with Crippen LogP contribution in [0.1, 0.15) is 55.4 Å². The number of amides is 1. The van der Waals surface area contributed by atoms with Crippen LogP contribution < -0.4 is 10.9 Å².